The molecule has 0 aromatic heterocycles. The fourth-order valence-corrected chi connectivity index (χ4v) is 4.02. The highest BCUT2D eigenvalue weighted by Crippen LogP contribution is 2.17. The molecule has 220 valence electrons. The van der Waals surface area contributed by atoms with Gasteiger partial charge in [-0.1, -0.05) is 74.5 Å². The van der Waals surface area contributed by atoms with E-state index in [-0.39, 0.29) is 36.8 Å². The van der Waals surface area contributed by atoms with E-state index in [9.17, 15) is 24.0 Å². The molecule has 2 aromatic rings. The van der Waals surface area contributed by atoms with Gasteiger partial charge in [0, 0.05) is 30.1 Å². The fourth-order valence-electron chi connectivity index (χ4n) is 4.02. The van der Waals surface area contributed by atoms with E-state index >= 15 is 0 Å². The number of carbonyl (C=O) groups excluding carboxylic acids is 5. The Balaban J connectivity index is 0.000000864. The van der Waals surface area contributed by atoms with Crippen molar-refractivity contribution in [3.8, 4) is 0 Å². The van der Waals surface area contributed by atoms with Gasteiger partial charge in [0.25, 0.3) is 5.91 Å². The summed E-state index contributed by atoms with van der Waals surface area (Å²) in [5, 5.41) is 10.7. The molecule has 10 heteroatoms. The number of nitrogens with one attached hydrogen (secondary N) is 4. The summed E-state index contributed by atoms with van der Waals surface area (Å²) < 4.78 is 4.87. The van der Waals surface area contributed by atoms with E-state index in [4.69, 9.17) is 4.74 Å². The quantitative estimate of drug-likeness (QED) is 0.230. The third-order valence-corrected chi connectivity index (χ3v) is 6.16. The van der Waals surface area contributed by atoms with Crippen LogP contribution in [0, 0.1) is 11.8 Å². The van der Waals surface area contributed by atoms with Crippen molar-refractivity contribution in [2.75, 3.05) is 19.7 Å². The van der Waals surface area contributed by atoms with Crippen LogP contribution < -0.4 is 21.3 Å². The molecule has 1 fully saturated rings. The molecule has 3 unspecified atom stereocenters. The Morgan fingerprint density at radius 3 is 2.12 bits per heavy atom. The van der Waals surface area contributed by atoms with Crippen LogP contribution in [-0.4, -0.2) is 61.4 Å². The van der Waals surface area contributed by atoms with Crippen LogP contribution >= 0.6 is 0 Å². The zero-order valence-electron chi connectivity index (χ0n) is 23.8. The summed E-state index contributed by atoms with van der Waals surface area (Å²) in [5.74, 6) is -2.53. The lowest BCUT2D eigenvalue weighted by Crippen LogP contribution is -2.52. The molecule has 0 aliphatic carbocycles. The summed E-state index contributed by atoms with van der Waals surface area (Å²) in [4.78, 5) is 61.4. The van der Waals surface area contributed by atoms with Crippen molar-refractivity contribution in [2.24, 2.45) is 11.8 Å². The molecule has 3 rings (SSSR count). The van der Waals surface area contributed by atoms with E-state index < -0.39 is 29.9 Å². The highest BCUT2D eigenvalue weighted by molar-refractivity contribution is 5.98. The Kier molecular flexibility index (Phi) is 14.4. The monoisotopic (exact) mass is 564 g/mol. The lowest BCUT2D eigenvalue weighted by molar-refractivity contribution is -0.137. The van der Waals surface area contributed by atoms with E-state index in [0.29, 0.717) is 24.9 Å². The number of rotatable bonds is 12. The topological polar surface area (TPSA) is 143 Å². The van der Waals surface area contributed by atoms with Gasteiger partial charge in [-0.2, -0.15) is 0 Å². The van der Waals surface area contributed by atoms with Crippen molar-refractivity contribution >= 4 is 29.6 Å². The lowest BCUT2D eigenvalue weighted by Gasteiger charge is -2.22. The van der Waals surface area contributed by atoms with Crippen LogP contribution in [0.4, 0.5) is 0 Å². The van der Waals surface area contributed by atoms with E-state index in [1.165, 1.54) is 12.2 Å². The minimum atomic E-state index is -0.836. The van der Waals surface area contributed by atoms with E-state index in [1.807, 2.05) is 36.4 Å². The lowest BCUT2D eigenvalue weighted by atomic mass is 9.98. The number of hydrogen-bond donors (Lipinski definition) is 4. The first kappa shape index (κ1) is 32.7. The third-order valence-electron chi connectivity index (χ3n) is 6.16. The Hall–Kier alpha value is -4.47. The third kappa shape index (κ3) is 12.5. The summed E-state index contributed by atoms with van der Waals surface area (Å²) in [7, 11) is 0. The molecule has 1 aliphatic heterocycles. The minimum absolute atomic E-state index is 0.101. The molecule has 10 nitrogen and oxygen atoms in total. The van der Waals surface area contributed by atoms with Crippen LogP contribution in [0.1, 0.15) is 44.0 Å². The first-order valence-corrected chi connectivity index (χ1v) is 13.8. The smallest absolute Gasteiger partial charge is 0.330 e. The summed E-state index contributed by atoms with van der Waals surface area (Å²) in [6.45, 7) is 5.71. The van der Waals surface area contributed by atoms with Crippen LogP contribution in [-0.2, 0) is 23.9 Å². The van der Waals surface area contributed by atoms with Crippen molar-refractivity contribution in [1.82, 2.24) is 21.3 Å². The average molecular weight is 565 g/mol. The SMILES string of the molecule is CCOC(=O)/C=C/C(CC1CCNC1=O)NC(=O)CNC(=O)C(NC(=O)c1ccccc1)C(C)C.c1ccccc1. The molecule has 1 saturated heterocycles. The summed E-state index contributed by atoms with van der Waals surface area (Å²) in [6, 6.07) is 19.1. The normalized spacial score (nSPS) is 15.6. The largest absolute Gasteiger partial charge is 0.463 e. The highest BCUT2D eigenvalue weighted by atomic mass is 16.5. The second kappa shape index (κ2) is 18.0. The number of amides is 4. The molecular formula is C31H40N4O6. The van der Waals surface area contributed by atoms with Gasteiger partial charge in [0.15, 0.2) is 0 Å². The number of carbonyl (C=O) groups is 5. The van der Waals surface area contributed by atoms with Crippen LogP contribution in [0.15, 0.2) is 78.9 Å². The maximum atomic E-state index is 12.7. The first-order chi connectivity index (χ1) is 19.7. The molecule has 2 aromatic carbocycles. The van der Waals surface area contributed by atoms with E-state index in [1.54, 1.807) is 51.1 Å². The van der Waals surface area contributed by atoms with Gasteiger partial charge in [0.1, 0.15) is 6.04 Å². The highest BCUT2D eigenvalue weighted by Gasteiger charge is 2.28. The molecule has 0 radical (unpaired) electrons. The van der Waals surface area contributed by atoms with Crippen molar-refractivity contribution in [3.63, 3.8) is 0 Å². The second-order valence-corrected chi connectivity index (χ2v) is 9.73. The van der Waals surface area contributed by atoms with Gasteiger partial charge in [-0.3, -0.25) is 19.2 Å². The maximum Gasteiger partial charge on any atom is 0.330 e. The van der Waals surface area contributed by atoms with Gasteiger partial charge in [0.2, 0.25) is 17.7 Å². The van der Waals surface area contributed by atoms with Crippen molar-refractivity contribution in [2.45, 2.75) is 45.7 Å². The van der Waals surface area contributed by atoms with Crippen molar-refractivity contribution in [1.29, 1.82) is 0 Å². The number of hydrogen-bond acceptors (Lipinski definition) is 6. The molecule has 3 atom stereocenters. The predicted octanol–water partition coefficient (Wildman–Crippen LogP) is 2.37. The van der Waals surface area contributed by atoms with Crippen LogP contribution in [0.3, 0.4) is 0 Å². The Morgan fingerprint density at radius 2 is 1.59 bits per heavy atom. The van der Waals surface area contributed by atoms with Crippen molar-refractivity contribution < 1.29 is 28.7 Å². The molecule has 41 heavy (non-hydrogen) atoms. The number of esters is 1. The molecule has 0 bridgehead atoms. The van der Waals surface area contributed by atoms with Crippen LogP contribution in [0.2, 0.25) is 0 Å². The molecular weight excluding hydrogens is 524 g/mol. The average Bonchev–Trinajstić information content (AvgIpc) is 3.38. The molecule has 0 saturated carbocycles. The number of benzene rings is 2. The van der Waals surface area contributed by atoms with Crippen LogP contribution in [0.5, 0.6) is 0 Å². The van der Waals surface area contributed by atoms with Gasteiger partial charge in [0.05, 0.1) is 13.2 Å². The number of ether oxygens (including phenoxy) is 1. The second-order valence-electron chi connectivity index (χ2n) is 9.73. The Morgan fingerprint density at radius 1 is 0.976 bits per heavy atom. The molecule has 4 N–H and O–H groups in total. The minimum Gasteiger partial charge on any atom is -0.463 e. The molecule has 4 amide bonds. The fraction of sp³-hybridized carbons (Fsp3) is 0.387. The summed E-state index contributed by atoms with van der Waals surface area (Å²) in [6.07, 6.45) is 3.64. The summed E-state index contributed by atoms with van der Waals surface area (Å²) in [5.41, 5.74) is 0.427. The first-order valence-electron chi connectivity index (χ1n) is 13.8. The summed E-state index contributed by atoms with van der Waals surface area (Å²) >= 11 is 0. The van der Waals surface area contributed by atoms with Gasteiger partial charge >= 0.3 is 5.97 Å². The van der Waals surface area contributed by atoms with Gasteiger partial charge < -0.3 is 26.0 Å². The van der Waals surface area contributed by atoms with E-state index in [2.05, 4.69) is 21.3 Å². The molecule has 1 heterocycles. The van der Waals surface area contributed by atoms with Gasteiger partial charge in [-0.15, -0.1) is 0 Å². The van der Waals surface area contributed by atoms with E-state index in [0.717, 1.165) is 0 Å². The van der Waals surface area contributed by atoms with Gasteiger partial charge in [-0.05, 0) is 37.8 Å². The molecule has 1 aliphatic rings. The maximum absolute atomic E-state index is 12.7. The Labute approximate surface area is 241 Å². The van der Waals surface area contributed by atoms with Gasteiger partial charge in [-0.25, -0.2) is 4.79 Å². The standard InChI is InChI=1S/C25H34N4O6.C6H6/c1-4-35-21(31)11-10-19(14-18-12-13-26-23(18)32)28-20(30)15-27-25(34)22(16(2)3)29-24(33)17-8-6-5-7-9-17;1-2-4-6-5-3-1/h5-11,16,18-19,22H,4,12-15H2,1-3H3,(H,26,32)(H,27,34)(H,28,30)(H,29,33);1-6H/b11-10+;. The zero-order valence-corrected chi connectivity index (χ0v) is 23.8. The van der Waals surface area contributed by atoms with Crippen LogP contribution in [0.25, 0.3) is 0 Å². The zero-order chi connectivity index (χ0) is 30.0. The molecule has 0 spiro atoms. The Bertz CT molecular complexity index is 1130. The van der Waals surface area contributed by atoms with Crippen molar-refractivity contribution in [3.05, 3.63) is 84.4 Å². The predicted molar refractivity (Wildman–Crippen MR) is 155 cm³/mol.